The molecule has 7 nitrogen and oxygen atoms in total. The Kier molecular flexibility index (Phi) is 6.32. The summed E-state index contributed by atoms with van der Waals surface area (Å²) in [6, 6.07) is 6.66. The first-order valence-corrected chi connectivity index (χ1v) is 9.62. The molecule has 2 saturated heterocycles. The number of amides is 2. The molecule has 27 heavy (non-hydrogen) atoms. The largest absolute Gasteiger partial charge is 0.462 e. The van der Waals surface area contributed by atoms with Crippen molar-refractivity contribution in [3.05, 3.63) is 29.8 Å². The van der Waals surface area contributed by atoms with Crippen LogP contribution in [0, 0.1) is 5.92 Å². The molecule has 2 aliphatic rings. The molecule has 0 N–H and O–H groups in total. The fourth-order valence-corrected chi connectivity index (χ4v) is 3.54. The minimum atomic E-state index is -0.507. The summed E-state index contributed by atoms with van der Waals surface area (Å²) in [5.41, 5.74) is 0.245. The number of carbonyl (C=O) groups is 3. The molecular formula is C20H26N2O5. The summed E-state index contributed by atoms with van der Waals surface area (Å²) in [6.07, 6.45) is 3.27. The Hall–Kier alpha value is -2.57. The Morgan fingerprint density at radius 2 is 1.63 bits per heavy atom. The van der Waals surface area contributed by atoms with Gasteiger partial charge >= 0.3 is 18.0 Å². The van der Waals surface area contributed by atoms with E-state index in [2.05, 4.69) is 0 Å². The molecule has 0 radical (unpaired) electrons. The van der Waals surface area contributed by atoms with Crippen molar-refractivity contribution in [2.75, 3.05) is 32.8 Å². The van der Waals surface area contributed by atoms with Crippen LogP contribution in [0.15, 0.2) is 24.3 Å². The smallest absolute Gasteiger partial charge is 0.341 e. The summed E-state index contributed by atoms with van der Waals surface area (Å²) in [4.78, 5) is 40.7. The number of hydrogen-bond donors (Lipinski definition) is 0. The van der Waals surface area contributed by atoms with Crippen LogP contribution >= 0.6 is 0 Å². The van der Waals surface area contributed by atoms with Gasteiger partial charge in [-0.1, -0.05) is 12.1 Å². The molecule has 2 heterocycles. The summed E-state index contributed by atoms with van der Waals surface area (Å²) in [7, 11) is 0. The van der Waals surface area contributed by atoms with Crippen LogP contribution in [-0.4, -0.2) is 60.6 Å². The van der Waals surface area contributed by atoms with Gasteiger partial charge in [0.05, 0.1) is 12.5 Å². The number of nitrogens with zero attached hydrogens (tertiary/aromatic N) is 2. The zero-order chi connectivity index (χ0) is 19.2. The Bertz CT molecular complexity index is 691. The van der Waals surface area contributed by atoms with E-state index in [9.17, 15) is 14.4 Å². The molecule has 2 fully saturated rings. The number of ether oxygens (including phenoxy) is 2. The summed E-state index contributed by atoms with van der Waals surface area (Å²) >= 11 is 0. The van der Waals surface area contributed by atoms with Gasteiger partial charge in [0.1, 0.15) is 11.3 Å². The fraction of sp³-hybridized carbons (Fsp3) is 0.550. The number of hydrogen-bond acceptors (Lipinski definition) is 5. The second-order valence-corrected chi connectivity index (χ2v) is 6.88. The highest BCUT2D eigenvalue weighted by molar-refractivity contribution is 5.93. The lowest BCUT2D eigenvalue weighted by atomic mass is 9.97. The first-order valence-electron chi connectivity index (χ1n) is 9.62. The van der Waals surface area contributed by atoms with Crippen LogP contribution in [0.25, 0.3) is 0 Å². The monoisotopic (exact) mass is 374 g/mol. The summed E-state index contributed by atoms with van der Waals surface area (Å²) < 4.78 is 10.5. The van der Waals surface area contributed by atoms with E-state index in [4.69, 9.17) is 9.47 Å². The topological polar surface area (TPSA) is 76.1 Å². The van der Waals surface area contributed by atoms with Gasteiger partial charge in [-0.05, 0) is 44.7 Å². The van der Waals surface area contributed by atoms with Gasteiger partial charge in [0.25, 0.3) is 0 Å². The third kappa shape index (κ3) is 4.59. The second-order valence-electron chi connectivity index (χ2n) is 6.88. The van der Waals surface area contributed by atoms with Gasteiger partial charge in [-0.15, -0.1) is 0 Å². The zero-order valence-electron chi connectivity index (χ0n) is 15.7. The number of rotatable bonds is 4. The molecule has 2 amide bonds. The number of urea groups is 1. The lowest BCUT2D eigenvalue weighted by Crippen LogP contribution is -2.46. The molecule has 0 spiro atoms. The lowest BCUT2D eigenvalue weighted by molar-refractivity contribution is -0.140. The number of likely N-dealkylation sites (tertiary alicyclic amines) is 2. The second kappa shape index (κ2) is 8.88. The van der Waals surface area contributed by atoms with Crippen LogP contribution in [0.5, 0.6) is 5.75 Å². The van der Waals surface area contributed by atoms with E-state index in [1.165, 1.54) is 0 Å². The third-order valence-electron chi connectivity index (χ3n) is 5.07. The van der Waals surface area contributed by atoms with Crippen molar-refractivity contribution >= 4 is 18.0 Å². The number of esters is 2. The molecule has 146 valence electrons. The predicted octanol–water partition coefficient (Wildman–Crippen LogP) is 2.70. The maximum Gasteiger partial charge on any atom is 0.341 e. The molecule has 1 aromatic rings. The average Bonchev–Trinajstić information content (AvgIpc) is 3.23. The van der Waals surface area contributed by atoms with Crippen molar-refractivity contribution in [1.29, 1.82) is 0 Å². The van der Waals surface area contributed by atoms with Crippen LogP contribution in [0.3, 0.4) is 0 Å². The first-order chi connectivity index (χ1) is 13.1. The average molecular weight is 374 g/mol. The predicted molar refractivity (Wildman–Crippen MR) is 98.5 cm³/mol. The van der Waals surface area contributed by atoms with Gasteiger partial charge in [-0.2, -0.15) is 0 Å². The standard InChI is InChI=1S/C20H26N2O5/c1-2-26-19(24)16-7-3-4-8-17(16)27-18(23)15-9-13-22(14-10-15)20(25)21-11-5-6-12-21/h3-4,7-8,15H,2,5-6,9-14H2,1H3. The molecule has 0 atom stereocenters. The van der Waals surface area contributed by atoms with E-state index >= 15 is 0 Å². The molecule has 2 aliphatic heterocycles. The van der Waals surface area contributed by atoms with Crippen LogP contribution in [0.2, 0.25) is 0 Å². The minimum absolute atomic E-state index is 0.0759. The fourth-order valence-electron chi connectivity index (χ4n) is 3.54. The van der Waals surface area contributed by atoms with Gasteiger partial charge < -0.3 is 19.3 Å². The highest BCUT2D eigenvalue weighted by Crippen LogP contribution is 2.25. The molecule has 7 heteroatoms. The Morgan fingerprint density at radius 1 is 1.00 bits per heavy atom. The van der Waals surface area contributed by atoms with E-state index in [0.717, 1.165) is 25.9 Å². The molecule has 0 bridgehead atoms. The summed E-state index contributed by atoms with van der Waals surface area (Å²) in [5.74, 6) is -0.925. The normalized spacial score (nSPS) is 17.7. The molecule has 1 aromatic carbocycles. The molecule has 0 aromatic heterocycles. The first kappa shape index (κ1) is 19.2. The minimum Gasteiger partial charge on any atom is -0.462 e. The van der Waals surface area contributed by atoms with Crippen molar-refractivity contribution in [3.8, 4) is 5.75 Å². The highest BCUT2D eigenvalue weighted by atomic mass is 16.5. The van der Waals surface area contributed by atoms with Gasteiger partial charge in [0.15, 0.2) is 0 Å². The Morgan fingerprint density at radius 3 is 2.30 bits per heavy atom. The number of piperidine rings is 1. The van der Waals surface area contributed by atoms with Gasteiger partial charge in [-0.3, -0.25) is 4.79 Å². The van der Waals surface area contributed by atoms with Crippen molar-refractivity contribution in [1.82, 2.24) is 9.80 Å². The molecule has 0 unspecified atom stereocenters. The molecular weight excluding hydrogens is 348 g/mol. The van der Waals surface area contributed by atoms with E-state index in [0.29, 0.717) is 25.9 Å². The lowest BCUT2D eigenvalue weighted by Gasteiger charge is -2.33. The number of carbonyl (C=O) groups excluding carboxylic acids is 3. The van der Waals surface area contributed by atoms with Crippen molar-refractivity contribution in [2.45, 2.75) is 32.6 Å². The van der Waals surface area contributed by atoms with Gasteiger partial charge in [0, 0.05) is 26.2 Å². The maximum absolute atomic E-state index is 12.5. The van der Waals surface area contributed by atoms with E-state index < -0.39 is 5.97 Å². The van der Waals surface area contributed by atoms with Crippen LogP contribution in [-0.2, 0) is 9.53 Å². The van der Waals surface area contributed by atoms with Crippen LogP contribution in [0.4, 0.5) is 4.79 Å². The van der Waals surface area contributed by atoms with E-state index in [-0.39, 0.29) is 35.8 Å². The van der Waals surface area contributed by atoms with Crippen LogP contribution < -0.4 is 4.74 Å². The summed E-state index contributed by atoms with van der Waals surface area (Å²) in [6.45, 7) is 4.73. The SMILES string of the molecule is CCOC(=O)c1ccccc1OC(=O)C1CCN(C(=O)N2CCCC2)CC1. The van der Waals surface area contributed by atoms with Gasteiger partial charge in [-0.25, -0.2) is 9.59 Å². The number of benzene rings is 1. The van der Waals surface area contributed by atoms with E-state index in [1.54, 1.807) is 31.2 Å². The summed E-state index contributed by atoms with van der Waals surface area (Å²) in [5, 5.41) is 0. The Balaban J connectivity index is 1.56. The maximum atomic E-state index is 12.5. The van der Waals surface area contributed by atoms with E-state index in [1.807, 2.05) is 9.80 Å². The third-order valence-corrected chi connectivity index (χ3v) is 5.07. The van der Waals surface area contributed by atoms with Crippen molar-refractivity contribution in [2.24, 2.45) is 5.92 Å². The van der Waals surface area contributed by atoms with Gasteiger partial charge in [0.2, 0.25) is 0 Å². The molecule has 0 saturated carbocycles. The molecule has 3 rings (SSSR count). The zero-order valence-corrected chi connectivity index (χ0v) is 15.7. The Labute approximate surface area is 159 Å². The molecule has 0 aliphatic carbocycles. The van der Waals surface area contributed by atoms with Crippen molar-refractivity contribution < 1.29 is 23.9 Å². The van der Waals surface area contributed by atoms with Crippen LogP contribution in [0.1, 0.15) is 43.0 Å². The highest BCUT2D eigenvalue weighted by Gasteiger charge is 2.31. The number of para-hydroxylation sites is 1. The quantitative estimate of drug-likeness (QED) is 0.598. The van der Waals surface area contributed by atoms with Crippen molar-refractivity contribution in [3.63, 3.8) is 0 Å².